The molecule has 1 aromatic rings. The van der Waals surface area contributed by atoms with E-state index in [4.69, 9.17) is 0 Å². The first kappa shape index (κ1) is 28.3. The number of phenolic OH excluding ortho intramolecular Hbond substituents is 2. The topological polar surface area (TPSA) is 69.6 Å². The zero-order chi connectivity index (χ0) is 23.4. The lowest BCUT2D eigenvalue weighted by Crippen LogP contribution is -2.30. The molecule has 4 nitrogen and oxygen atoms in total. The summed E-state index contributed by atoms with van der Waals surface area (Å²) in [4.78, 5) is 12.5. The third-order valence-electron chi connectivity index (χ3n) is 6.46. The summed E-state index contributed by atoms with van der Waals surface area (Å²) in [6.45, 7) is 4.94. The highest BCUT2D eigenvalue weighted by Crippen LogP contribution is 2.30. The third-order valence-corrected chi connectivity index (χ3v) is 6.46. The molecule has 0 aliphatic carbocycles. The molecule has 0 bridgehead atoms. The van der Waals surface area contributed by atoms with E-state index in [0.717, 1.165) is 18.4 Å². The zero-order valence-electron chi connectivity index (χ0n) is 20.8. The molecule has 0 spiro atoms. The van der Waals surface area contributed by atoms with Gasteiger partial charge < -0.3 is 15.5 Å². The number of unbranched alkanes of at least 4 members (excludes halogenated alkanes) is 15. The summed E-state index contributed by atoms with van der Waals surface area (Å²) >= 11 is 0. The molecule has 0 saturated carbocycles. The van der Waals surface area contributed by atoms with Crippen LogP contribution in [0.1, 0.15) is 134 Å². The van der Waals surface area contributed by atoms with E-state index in [1.54, 1.807) is 6.07 Å². The Morgan fingerprint density at radius 1 is 0.719 bits per heavy atom. The van der Waals surface area contributed by atoms with Crippen molar-refractivity contribution in [2.45, 2.75) is 129 Å². The summed E-state index contributed by atoms with van der Waals surface area (Å²) in [6.07, 6.45) is 22.2. The lowest BCUT2D eigenvalue weighted by molar-refractivity contribution is -0.122. The summed E-state index contributed by atoms with van der Waals surface area (Å²) in [5.41, 5.74) is 0.743. The molecule has 32 heavy (non-hydrogen) atoms. The van der Waals surface area contributed by atoms with Crippen molar-refractivity contribution in [2.24, 2.45) is 0 Å². The van der Waals surface area contributed by atoms with Crippen LogP contribution in [0.5, 0.6) is 11.5 Å². The van der Waals surface area contributed by atoms with Crippen LogP contribution in [0, 0.1) is 0 Å². The molecule has 0 aliphatic heterocycles. The summed E-state index contributed by atoms with van der Waals surface area (Å²) < 4.78 is 0. The maximum atomic E-state index is 12.5. The van der Waals surface area contributed by atoms with Gasteiger partial charge in [0.15, 0.2) is 11.5 Å². The van der Waals surface area contributed by atoms with Crippen molar-refractivity contribution in [3.05, 3.63) is 23.8 Å². The molecule has 1 rings (SSSR count). The summed E-state index contributed by atoms with van der Waals surface area (Å²) in [5.74, 6) is -0.621. The standard InChI is InChI=1S/C28H49NO3/c1-3-5-6-7-8-9-10-11-12-13-14-15-16-17-18-19-22-29-28(32)25(4-2)24-20-21-26(30)27(31)23-24/h20-21,23,25,30-31H,3-19,22H2,1-2H3,(H,29,32). The fourth-order valence-corrected chi connectivity index (χ4v) is 4.34. The van der Waals surface area contributed by atoms with Gasteiger partial charge in [0.25, 0.3) is 0 Å². The molecule has 1 amide bonds. The second kappa shape index (κ2) is 18.8. The van der Waals surface area contributed by atoms with E-state index in [-0.39, 0.29) is 23.3 Å². The molecule has 0 heterocycles. The van der Waals surface area contributed by atoms with Gasteiger partial charge in [-0.2, -0.15) is 0 Å². The van der Waals surface area contributed by atoms with Crippen LogP contribution < -0.4 is 5.32 Å². The van der Waals surface area contributed by atoms with Crippen LogP contribution in [0.25, 0.3) is 0 Å². The minimum Gasteiger partial charge on any atom is -0.504 e. The van der Waals surface area contributed by atoms with E-state index < -0.39 is 0 Å². The van der Waals surface area contributed by atoms with E-state index in [9.17, 15) is 15.0 Å². The number of hydrogen-bond acceptors (Lipinski definition) is 3. The van der Waals surface area contributed by atoms with Crippen LogP contribution in [0.15, 0.2) is 18.2 Å². The van der Waals surface area contributed by atoms with Crippen molar-refractivity contribution in [1.29, 1.82) is 0 Å². The molecule has 0 aromatic heterocycles. The van der Waals surface area contributed by atoms with E-state index in [2.05, 4.69) is 12.2 Å². The molecular weight excluding hydrogens is 398 g/mol. The largest absolute Gasteiger partial charge is 0.504 e. The molecule has 0 aliphatic rings. The first-order valence-electron chi connectivity index (χ1n) is 13.4. The van der Waals surface area contributed by atoms with Crippen molar-refractivity contribution in [2.75, 3.05) is 6.54 Å². The highest BCUT2D eigenvalue weighted by atomic mass is 16.3. The molecule has 184 valence electrons. The Morgan fingerprint density at radius 2 is 1.19 bits per heavy atom. The Hall–Kier alpha value is -1.71. The van der Waals surface area contributed by atoms with Crippen molar-refractivity contribution < 1.29 is 15.0 Å². The highest BCUT2D eigenvalue weighted by molar-refractivity contribution is 5.83. The SMILES string of the molecule is CCCCCCCCCCCCCCCCCCNC(=O)C(CC)c1ccc(O)c(O)c1. The smallest absolute Gasteiger partial charge is 0.227 e. The minimum absolute atomic E-state index is 0.00134. The zero-order valence-corrected chi connectivity index (χ0v) is 20.8. The number of rotatable bonds is 20. The molecule has 4 heteroatoms. The Kier molecular flexibility index (Phi) is 16.7. The molecule has 1 atom stereocenters. The summed E-state index contributed by atoms with van der Waals surface area (Å²) in [7, 11) is 0. The molecule has 1 aromatic carbocycles. The van der Waals surface area contributed by atoms with Gasteiger partial charge in [-0.3, -0.25) is 4.79 Å². The van der Waals surface area contributed by atoms with Gasteiger partial charge in [0, 0.05) is 6.54 Å². The molecule has 0 saturated heterocycles. The van der Waals surface area contributed by atoms with Crippen LogP contribution in [0.2, 0.25) is 0 Å². The number of benzene rings is 1. The molecular formula is C28H49NO3. The first-order chi connectivity index (χ1) is 15.6. The second-order valence-corrected chi connectivity index (χ2v) is 9.30. The van der Waals surface area contributed by atoms with Crippen LogP contribution in [-0.2, 0) is 4.79 Å². The van der Waals surface area contributed by atoms with E-state index in [0.29, 0.717) is 13.0 Å². The monoisotopic (exact) mass is 447 g/mol. The fourth-order valence-electron chi connectivity index (χ4n) is 4.34. The number of amides is 1. The Morgan fingerprint density at radius 3 is 1.62 bits per heavy atom. The van der Waals surface area contributed by atoms with Crippen LogP contribution in [-0.4, -0.2) is 22.7 Å². The Labute approximate surface area is 197 Å². The number of nitrogens with one attached hydrogen (secondary N) is 1. The van der Waals surface area contributed by atoms with E-state index in [1.807, 2.05) is 6.92 Å². The second-order valence-electron chi connectivity index (χ2n) is 9.30. The number of hydrogen-bond donors (Lipinski definition) is 3. The van der Waals surface area contributed by atoms with E-state index >= 15 is 0 Å². The van der Waals surface area contributed by atoms with Gasteiger partial charge >= 0.3 is 0 Å². The lowest BCUT2D eigenvalue weighted by atomic mass is 9.95. The van der Waals surface area contributed by atoms with E-state index in [1.165, 1.54) is 102 Å². The first-order valence-corrected chi connectivity index (χ1v) is 13.4. The van der Waals surface area contributed by atoms with Gasteiger partial charge in [0.05, 0.1) is 5.92 Å². The normalized spacial score (nSPS) is 12.1. The van der Waals surface area contributed by atoms with Gasteiger partial charge in [-0.1, -0.05) is 116 Å². The number of aromatic hydroxyl groups is 2. The van der Waals surface area contributed by atoms with Crippen molar-refractivity contribution in [3.63, 3.8) is 0 Å². The van der Waals surface area contributed by atoms with Crippen LogP contribution in [0.4, 0.5) is 0 Å². The molecule has 3 N–H and O–H groups in total. The van der Waals surface area contributed by atoms with Gasteiger partial charge in [-0.05, 0) is 30.5 Å². The number of phenols is 2. The van der Waals surface area contributed by atoms with Gasteiger partial charge in [0.1, 0.15) is 0 Å². The Bertz CT molecular complexity index is 602. The van der Waals surface area contributed by atoms with Crippen molar-refractivity contribution in [3.8, 4) is 11.5 Å². The average molecular weight is 448 g/mol. The number of carbonyl (C=O) groups is 1. The van der Waals surface area contributed by atoms with Gasteiger partial charge in [-0.25, -0.2) is 0 Å². The predicted octanol–water partition coefficient (Wildman–Crippen LogP) is 7.97. The molecule has 0 fully saturated rings. The van der Waals surface area contributed by atoms with Crippen LogP contribution in [0.3, 0.4) is 0 Å². The quantitative estimate of drug-likeness (QED) is 0.140. The van der Waals surface area contributed by atoms with Gasteiger partial charge in [0.2, 0.25) is 5.91 Å². The predicted molar refractivity (Wildman–Crippen MR) is 135 cm³/mol. The lowest BCUT2D eigenvalue weighted by Gasteiger charge is -2.16. The number of carbonyl (C=O) groups excluding carboxylic acids is 1. The minimum atomic E-state index is -0.289. The van der Waals surface area contributed by atoms with Gasteiger partial charge in [-0.15, -0.1) is 0 Å². The Balaban J connectivity index is 1.95. The van der Waals surface area contributed by atoms with Crippen molar-refractivity contribution >= 4 is 5.91 Å². The third kappa shape index (κ3) is 13.0. The fraction of sp³-hybridized carbons (Fsp3) is 0.750. The molecule has 0 radical (unpaired) electrons. The maximum absolute atomic E-state index is 12.5. The highest BCUT2D eigenvalue weighted by Gasteiger charge is 2.19. The average Bonchev–Trinajstić information content (AvgIpc) is 2.78. The molecule has 1 unspecified atom stereocenters. The van der Waals surface area contributed by atoms with Crippen molar-refractivity contribution in [1.82, 2.24) is 5.32 Å². The summed E-state index contributed by atoms with van der Waals surface area (Å²) in [5, 5.41) is 22.2. The maximum Gasteiger partial charge on any atom is 0.227 e. The van der Waals surface area contributed by atoms with Crippen LogP contribution >= 0.6 is 0 Å². The summed E-state index contributed by atoms with van der Waals surface area (Å²) in [6, 6.07) is 4.63.